The highest BCUT2D eigenvalue weighted by atomic mass is 15.1. The van der Waals surface area contributed by atoms with Gasteiger partial charge in [-0.3, -0.25) is 0 Å². The summed E-state index contributed by atoms with van der Waals surface area (Å²) in [7, 11) is 0. The third-order valence-corrected chi connectivity index (χ3v) is 15.8. The SMILES string of the molecule is CC(C)(C)c1ccc(N2B3c4cc5c(cc4-n4c6ccc(C(C)(C)C)cc6c6c7c(c(c3c64)-c3cc(C(C)(C)C)ccc32)C(C)(C)c2ccccc2-7)C(C)(C)c2ccccc2-5)cc1. The monoisotopic (exact) mass is 818 g/mol. The van der Waals surface area contributed by atoms with Crippen LogP contribution in [0.15, 0.2) is 121 Å². The first-order valence-corrected chi connectivity index (χ1v) is 23.3. The maximum absolute atomic E-state index is 2.73. The Hall–Kier alpha value is -5.80. The number of fused-ring (bicyclic) bond motifs is 16. The van der Waals surface area contributed by atoms with E-state index in [-0.39, 0.29) is 33.9 Å². The first kappa shape index (κ1) is 38.8. The van der Waals surface area contributed by atoms with E-state index in [1.807, 2.05) is 0 Å². The molecule has 7 aromatic carbocycles. The largest absolute Gasteiger partial charge is 0.376 e. The number of aromatic nitrogens is 1. The van der Waals surface area contributed by atoms with Gasteiger partial charge in [-0.15, -0.1) is 0 Å². The fraction of sp³-hybridized carbons (Fsp3) is 0.300. The summed E-state index contributed by atoms with van der Waals surface area (Å²) in [4.78, 5) is 2.73. The molecular weight excluding hydrogens is 759 g/mol. The van der Waals surface area contributed by atoms with E-state index >= 15 is 0 Å². The van der Waals surface area contributed by atoms with E-state index in [4.69, 9.17) is 0 Å². The molecule has 0 radical (unpaired) electrons. The molecule has 2 nitrogen and oxygen atoms in total. The molecule has 2 aliphatic carbocycles. The number of hydrogen-bond donors (Lipinski definition) is 0. The molecule has 1 aromatic heterocycles. The topological polar surface area (TPSA) is 8.17 Å². The Morgan fingerprint density at radius 2 is 1.06 bits per heavy atom. The number of anilines is 2. The Labute approximate surface area is 375 Å². The summed E-state index contributed by atoms with van der Waals surface area (Å²) in [6.07, 6.45) is 0. The summed E-state index contributed by atoms with van der Waals surface area (Å²) in [5.41, 5.74) is 27.0. The number of hydrogen-bond acceptors (Lipinski definition) is 1. The highest BCUT2D eigenvalue weighted by molar-refractivity contribution is 6.94. The molecule has 0 atom stereocenters. The predicted octanol–water partition coefficient (Wildman–Crippen LogP) is 14.5. The van der Waals surface area contributed by atoms with Crippen LogP contribution in [0.1, 0.15) is 129 Å². The Morgan fingerprint density at radius 3 is 1.73 bits per heavy atom. The molecule has 4 aliphatic rings. The normalized spacial score (nSPS) is 16.2. The zero-order chi connectivity index (χ0) is 44.1. The summed E-state index contributed by atoms with van der Waals surface area (Å²) in [6, 6.07) is 48.1. The van der Waals surface area contributed by atoms with Gasteiger partial charge in [0.25, 0.3) is 0 Å². The molecule has 3 heteroatoms. The predicted molar refractivity (Wildman–Crippen MR) is 271 cm³/mol. The third-order valence-electron chi connectivity index (χ3n) is 15.8. The Morgan fingerprint density at radius 1 is 0.476 bits per heavy atom. The van der Waals surface area contributed by atoms with Gasteiger partial charge in [0.05, 0.1) is 11.0 Å². The van der Waals surface area contributed by atoms with Gasteiger partial charge in [-0.1, -0.05) is 169 Å². The van der Waals surface area contributed by atoms with Crippen molar-refractivity contribution in [2.45, 2.75) is 117 Å². The van der Waals surface area contributed by atoms with Gasteiger partial charge in [0.2, 0.25) is 0 Å². The highest BCUT2D eigenvalue weighted by Crippen LogP contribution is 2.60. The lowest BCUT2D eigenvalue weighted by molar-refractivity contribution is 0.590. The average molecular weight is 819 g/mol. The van der Waals surface area contributed by atoms with Crippen LogP contribution in [-0.2, 0) is 27.1 Å². The Kier molecular flexibility index (Phi) is 7.43. The third kappa shape index (κ3) is 4.97. The second kappa shape index (κ2) is 12.1. The molecule has 3 heterocycles. The maximum atomic E-state index is 2.73. The van der Waals surface area contributed by atoms with Crippen molar-refractivity contribution in [3.8, 4) is 39.1 Å². The van der Waals surface area contributed by atoms with Crippen molar-refractivity contribution in [2.75, 3.05) is 4.81 Å². The fourth-order valence-electron chi connectivity index (χ4n) is 12.4. The summed E-state index contributed by atoms with van der Waals surface area (Å²) >= 11 is 0. The number of rotatable bonds is 1. The highest BCUT2D eigenvalue weighted by Gasteiger charge is 2.51. The Balaban J connectivity index is 1.33. The summed E-state index contributed by atoms with van der Waals surface area (Å²) in [5, 5.41) is 2.76. The van der Waals surface area contributed by atoms with Crippen LogP contribution in [0.2, 0.25) is 0 Å². The summed E-state index contributed by atoms with van der Waals surface area (Å²) in [5.74, 6) is 0. The zero-order valence-corrected chi connectivity index (χ0v) is 39.5. The van der Waals surface area contributed by atoms with Crippen LogP contribution in [0.25, 0.3) is 60.9 Å². The van der Waals surface area contributed by atoms with Crippen LogP contribution in [0.4, 0.5) is 11.4 Å². The van der Waals surface area contributed by atoms with Gasteiger partial charge in [-0.2, -0.15) is 0 Å². The number of benzene rings is 7. The standard InChI is InChI=1S/C60H59BN2/c1-56(2,3)34-22-26-37(27-23-34)63-48-29-25-36(58(7,8)9)31-42(48)52-53-50(39-19-15-17-21-44(39)60(53,12)13)51-41-30-35(57(4,5)6)24-28-47(41)62-49-33-45-40(32-46(49)61(63)54(52)55(51)62)38-18-14-16-20-43(38)59(45,10)11/h14-33H,1-13H3. The molecule has 2 aliphatic heterocycles. The van der Waals surface area contributed by atoms with Crippen LogP contribution in [0, 0.1) is 0 Å². The molecule has 0 saturated carbocycles. The second-order valence-electron chi connectivity index (χ2n) is 23.4. The van der Waals surface area contributed by atoms with Crippen molar-refractivity contribution in [3.05, 3.63) is 160 Å². The molecule has 8 aromatic rings. The van der Waals surface area contributed by atoms with E-state index in [0.29, 0.717) is 0 Å². The van der Waals surface area contributed by atoms with E-state index in [1.54, 1.807) is 0 Å². The minimum Gasteiger partial charge on any atom is -0.376 e. The first-order chi connectivity index (χ1) is 29.7. The van der Waals surface area contributed by atoms with Gasteiger partial charge in [0, 0.05) is 44.2 Å². The van der Waals surface area contributed by atoms with Crippen LogP contribution in [-0.4, -0.2) is 11.4 Å². The van der Waals surface area contributed by atoms with E-state index in [9.17, 15) is 0 Å². The van der Waals surface area contributed by atoms with Crippen LogP contribution in [0.5, 0.6) is 0 Å². The molecule has 0 amide bonds. The average Bonchev–Trinajstić information content (AvgIpc) is 3.78. The van der Waals surface area contributed by atoms with Gasteiger partial charge in [0.15, 0.2) is 0 Å². The molecule has 0 spiro atoms. The quantitative estimate of drug-likeness (QED) is 0.150. The Bertz CT molecular complexity index is 3330. The fourth-order valence-corrected chi connectivity index (χ4v) is 12.4. The van der Waals surface area contributed by atoms with Crippen molar-refractivity contribution < 1.29 is 0 Å². The summed E-state index contributed by atoms with van der Waals surface area (Å²) < 4.78 is 2.72. The lowest BCUT2D eigenvalue weighted by Gasteiger charge is -2.44. The molecule has 0 unspecified atom stereocenters. The molecule has 0 bridgehead atoms. The van der Waals surface area contributed by atoms with Crippen molar-refractivity contribution in [1.29, 1.82) is 0 Å². The maximum Gasteiger partial charge on any atom is 0.333 e. The smallest absolute Gasteiger partial charge is 0.333 e. The molecule has 0 N–H and O–H groups in total. The van der Waals surface area contributed by atoms with E-state index in [0.717, 1.165) is 0 Å². The van der Waals surface area contributed by atoms with Gasteiger partial charge in [-0.05, 0) is 136 Å². The van der Waals surface area contributed by atoms with Gasteiger partial charge >= 0.3 is 6.85 Å². The molecular formula is C60H59BN2. The van der Waals surface area contributed by atoms with Gasteiger partial charge in [-0.25, -0.2) is 0 Å². The van der Waals surface area contributed by atoms with E-state index in [2.05, 4.69) is 221 Å². The molecule has 312 valence electrons. The molecule has 12 rings (SSSR count). The second-order valence-corrected chi connectivity index (χ2v) is 23.4. The van der Waals surface area contributed by atoms with Crippen LogP contribution in [0.3, 0.4) is 0 Å². The molecule has 0 saturated heterocycles. The van der Waals surface area contributed by atoms with Crippen molar-refractivity contribution in [2.24, 2.45) is 0 Å². The zero-order valence-electron chi connectivity index (χ0n) is 39.5. The first-order valence-electron chi connectivity index (χ1n) is 23.3. The lowest BCUT2D eigenvalue weighted by atomic mass is 9.43. The molecule has 0 fully saturated rings. The van der Waals surface area contributed by atoms with E-state index in [1.165, 1.54) is 122 Å². The minimum atomic E-state index is -0.237. The van der Waals surface area contributed by atoms with Crippen molar-refractivity contribution in [3.63, 3.8) is 0 Å². The van der Waals surface area contributed by atoms with Crippen molar-refractivity contribution in [1.82, 2.24) is 4.57 Å². The molecule has 63 heavy (non-hydrogen) atoms. The number of nitrogens with zero attached hydrogens (tertiary/aromatic N) is 2. The van der Waals surface area contributed by atoms with Crippen LogP contribution >= 0.6 is 0 Å². The van der Waals surface area contributed by atoms with Gasteiger partial charge < -0.3 is 9.38 Å². The van der Waals surface area contributed by atoms with Crippen LogP contribution < -0.4 is 15.7 Å². The minimum absolute atomic E-state index is 0.00721. The summed E-state index contributed by atoms with van der Waals surface area (Å²) in [6.45, 7) is 30.9. The van der Waals surface area contributed by atoms with Crippen molar-refractivity contribution >= 4 is 51.0 Å². The van der Waals surface area contributed by atoms with E-state index < -0.39 is 0 Å². The van der Waals surface area contributed by atoms with Gasteiger partial charge in [0.1, 0.15) is 0 Å². The lowest BCUT2D eigenvalue weighted by Crippen LogP contribution is -2.61.